The van der Waals surface area contributed by atoms with E-state index in [4.69, 9.17) is 39.9 Å². The van der Waals surface area contributed by atoms with Crippen LogP contribution in [0.2, 0.25) is 10.3 Å². The minimum absolute atomic E-state index is 0.0119. The number of aliphatic hydroxyl groups is 1. The van der Waals surface area contributed by atoms with Gasteiger partial charge in [-0.15, -0.1) is 11.6 Å². The molecule has 8 heteroatoms. The van der Waals surface area contributed by atoms with Crippen molar-refractivity contribution < 1.29 is 5.11 Å². The summed E-state index contributed by atoms with van der Waals surface area (Å²) in [7, 11) is 0. The molecule has 4 aromatic heterocycles. The van der Waals surface area contributed by atoms with Gasteiger partial charge >= 0.3 is 0 Å². The normalized spacial score (nSPS) is 10.4. The van der Waals surface area contributed by atoms with Crippen LogP contribution in [0.4, 0.5) is 0 Å². The van der Waals surface area contributed by atoms with E-state index in [0.717, 1.165) is 45.0 Å². The Bertz CT molecular complexity index is 1090. The molecule has 1 N–H and O–H groups in total. The molecule has 4 rings (SSSR count). The van der Waals surface area contributed by atoms with Crippen molar-refractivity contribution in [2.75, 3.05) is 0 Å². The van der Waals surface area contributed by atoms with Gasteiger partial charge in [-0.25, -0.2) is 9.97 Å². The molecule has 0 radical (unpaired) electrons. The Morgan fingerprint density at radius 2 is 1.16 bits per heavy atom. The molecule has 0 aliphatic carbocycles. The first-order valence-electron chi connectivity index (χ1n) is 9.75. The molecular weight excluding hydrogens is 467 g/mol. The smallest absolute Gasteiger partial charge is 0.129 e. The lowest BCUT2D eigenvalue weighted by Gasteiger charge is -2.05. The van der Waals surface area contributed by atoms with Gasteiger partial charge in [-0.3, -0.25) is 9.97 Å². The Morgan fingerprint density at radius 1 is 0.688 bits per heavy atom. The summed E-state index contributed by atoms with van der Waals surface area (Å²) < 4.78 is 0. The summed E-state index contributed by atoms with van der Waals surface area (Å²) in [5, 5.41) is 10.00. The molecule has 0 saturated heterocycles. The summed E-state index contributed by atoms with van der Waals surface area (Å²) >= 11 is 17.2. The maximum atomic E-state index is 9.05. The predicted molar refractivity (Wildman–Crippen MR) is 130 cm³/mol. The average Bonchev–Trinajstić information content (AvgIpc) is 2.80. The zero-order chi connectivity index (χ0) is 23.1. The number of hydrogen-bond acceptors (Lipinski definition) is 5. The quantitative estimate of drug-likeness (QED) is 0.265. The van der Waals surface area contributed by atoms with Crippen LogP contribution in [0.25, 0.3) is 22.5 Å². The van der Waals surface area contributed by atoms with Crippen molar-refractivity contribution >= 4 is 34.8 Å². The molecule has 32 heavy (non-hydrogen) atoms. The van der Waals surface area contributed by atoms with E-state index in [2.05, 4.69) is 19.9 Å². The Labute approximate surface area is 202 Å². The fourth-order valence-electron chi connectivity index (χ4n) is 2.86. The van der Waals surface area contributed by atoms with Gasteiger partial charge in [-0.1, -0.05) is 35.3 Å². The van der Waals surface area contributed by atoms with Crippen LogP contribution in [0.1, 0.15) is 22.5 Å². The van der Waals surface area contributed by atoms with Crippen molar-refractivity contribution in [3.05, 3.63) is 93.7 Å². The van der Waals surface area contributed by atoms with Gasteiger partial charge in [0, 0.05) is 40.8 Å². The largest absolute Gasteiger partial charge is 0.392 e. The van der Waals surface area contributed by atoms with E-state index in [1.165, 1.54) is 0 Å². The van der Waals surface area contributed by atoms with Gasteiger partial charge in [-0.05, 0) is 61.4 Å². The van der Waals surface area contributed by atoms with Crippen LogP contribution < -0.4 is 0 Å². The molecule has 5 nitrogen and oxygen atoms in total. The van der Waals surface area contributed by atoms with Crippen LogP contribution in [0, 0.1) is 13.8 Å². The van der Waals surface area contributed by atoms with E-state index in [-0.39, 0.29) is 6.61 Å². The minimum atomic E-state index is 0.0119. The fourth-order valence-corrected chi connectivity index (χ4v) is 3.37. The number of hydrogen-bond donors (Lipinski definition) is 1. The van der Waals surface area contributed by atoms with E-state index >= 15 is 0 Å². The van der Waals surface area contributed by atoms with Crippen LogP contribution in [-0.4, -0.2) is 25.0 Å². The van der Waals surface area contributed by atoms with Crippen LogP contribution in [0.3, 0.4) is 0 Å². The third-order valence-corrected chi connectivity index (χ3v) is 5.49. The lowest BCUT2D eigenvalue weighted by Crippen LogP contribution is -1.94. The molecule has 0 spiro atoms. The van der Waals surface area contributed by atoms with E-state index in [0.29, 0.717) is 16.2 Å². The lowest BCUT2D eigenvalue weighted by molar-refractivity contribution is 0.280. The zero-order valence-electron chi connectivity index (χ0n) is 17.6. The summed E-state index contributed by atoms with van der Waals surface area (Å²) in [6, 6.07) is 14.9. The van der Waals surface area contributed by atoms with E-state index in [1.54, 1.807) is 24.5 Å². The van der Waals surface area contributed by atoms with Gasteiger partial charge in [0.15, 0.2) is 0 Å². The number of aryl methyl sites for hydroxylation is 2. The van der Waals surface area contributed by atoms with E-state index in [9.17, 15) is 0 Å². The molecule has 164 valence electrons. The second-order valence-corrected chi connectivity index (χ2v) is 7.95. The lowest BCUT2D eigenvalue weighted by atomic mass is 10.1. The van der Waals surface area contributed by atoms with Gasteiger partial charge in [0.05, 0.1) is 18.0 Å². The molecule has 0 aromatic carbocycles. The second-order valence-electron chi connectivity index (χ2n) is 6.91. The molecule has 4 aromatic rings. The molecule has 0 bridgehead atoms. The van der Waals surface area contributed by atoms with E-state index in [1.807, 2.05) is 50.2 Å². The fraction of sp³-hybridized carbons (Fsp3) is 0.167. The maximum absolute atomic E-state index is 9.05. The highest BCUT2D eigenvalue weighted by Crippen LogP contribution is 2.21. The van der Waals surface area contributed by atoms with E-state index < -0.39 is 0 Å². The molecule has 0 atom stereocenters. The van der Waals surface area contributed by atoms with Crippen molar-refractivity contribution in [3.63, 3.8) is 0 Å². The van der Waals surface area contributed by atoms with Crippen LogP contribution in [-0.2, 0) is 12.5 Å². The van der Waals surface area contributed by atoms with Crippen molar-refractivity contribution in [1.82, 2.24) is 19.9 Å². The van der Waals surface area contributed by atoms with Crippen molar-refractivity contribution in [2.45, 2.75) is 26.3 Å². The monoisotopic (exact) mass is 486 g/mol. The van der Waals surface area contributed by atoms with Crippen molar-refractivity contribution in [3.8, 4) is 22.5 Å². The van der Waals surface area contributed by atoms with Crippen LogP contribution in [0.5, 0.6) is 0 Å². The third-order valence-electron chi connectivity index (χ3n) is 4.75. The van der Waals surface area contributed by atoms with Gasteiger partial charge in [0.1, 0.15) is 10.3 Å². The number of rotatable bonds is 4. The molecule has 0 aliphatic heterocycles. The standard InChI is InChI=1S/C12H10Cl2N2.C12H11ClN2O/c1-8-9(6-13)2-4-11(16-8)10-3-5-12(14)15-7-10;1-8-10(7-16)2-4-11(15-8)9-3-5-12(13)14-6-9/h2-5,7H,6H2,1H3;2-6,16H,7H2,1H3. The number of aliphatic hydroxyl groups excluding tert-OH is 1. The summed E-state index contributed by atoms with van der Waals surface area (Å²) in [5.74, 6) is 0.484. The summed E-state index contributed by atoms with van der Waals surface area (Å²) in [6.45, 7) is 3.83. The topological polar surface area (TPSA) is 71.8 Å². The Kier molecular flexibility index (Phi) is 8.53. The second kappa shape index (κ2) is 11.3. The molecular formula is C24H21Cl3N4O. The predicted octanol–water partition coefficient (Wildman–Crippen LogP) is 6.44. The maximum Gasteiger partial charge on any atom is 0.129 e. The van der Waals surface area contributed by atoms with Gasteiger partial charge in [0.25, 0.3) is 0 Å². The SMILES string of the molecule is Cc1nc(-c2ccc(Cl)nc2)ccc1CCl.Cc1nc(-c2ccc(Cl)nc2)ccc1CO. The highest BCUT2D eigenvalue weighted by molar-refractivity contribution is 6.29. The molecule has 0 fully saturated rings. The summed E-state index contributed by atoms with van der Waals surface area (Å²) in [4.78, 5) is 16.9. The first-order chi connectivity index (χ1) is 15.4. The number of halogens is 3. The van der Waals surface area contributed by atoms with Crippen molar-refractivity contribution in [2.24, 2.45) is 0 Å². The number of nitrogens with zero attached hydrogens (tertiary/aromatic N) is 4. The number of aromatic nitrogens is 4. The molecule has 0 saturated carbocycles. The first-order valence-corrected chi connectivity index (χ1v) is 11.0. The Hall–Kier alpha value is -2.57. The third kappa shape index (κ3) is 6.24. The minimum Gasteiger partial charge on any atom is -0.392 e. The number of pyridine rings is 4. The molecule has 0 aliphatic rings. The zero-order valence-corrected chi connectivity index (χ0v) is 19.8. The molecule has 4 heterocycles. The number of alkyl halides is 1. The van der Waals surface area contributed by atoms with Gasteiger partial charge < -0.3 is 5.11 Å². The van der Waals surface area contributed by atoms with Crippen molar-refractivity contribution in [1.29, 1.82) is 0 Å². The Balaban J connectivity index is 0.000000181. The van der Waals surface area contributed by atoms with Gasteiger partial charge in [-0.2, -0.15) is 0 Å². The van der Waals surface area contributed by atoms with Crippen LogP contribution in [0.15, 0.2) is 60.9 Å². The van der Waals surface area contributed by atoms with Gasteiger partial charge in [0.2, 0.25) is 0 Å². The Morgan fingerprint density at radius 3 is 1.50 bits per heavy atom. The average molecular weight is 488 g/mol. The molecule has 0 unspecified atom stereocenters. The first kappa shape index (κ1) is 24.1. The summed E-state index contributed by atoms with van der Waals surface area (Å²) in [6.07, 6.45) is 3.40. The molecule has 0 amide bonds. The summed E-state index contributed by atoms with van der Waals surface area (Å²) in [5.41, 5.74) is 7.25. The van der Waals surface area contributed by atoms with Crippen LogP contribution >= 0.6 is 34.8 Å². The highest BCUT2D eigenvalue weighted by atomic mass is 35.5. The highest BCUT2D eigenvalue weighted by Gasteiger charge is 2.04.